The average Bonchev–Trinajstić information content (AvgIpc) is 3.50. The summed E-state index contributed by atoms with van der Waals surface area (Å²) in [4.78, 5) is 61.2. The molecule has 1 atom stereocenters. The largest absolute Gasteiger partial charge is 0.493 e. The average molecular weight is 601 g/mol. The van der Waals surface area contributed by atoms with E-state index < -0.39 is 34.0 Å². The van der Waals surface area contributed by atoms with Crippen molar-refractivity contribution in [1.29, 1.82) is 0 Å². The monoisotopic (exact) mass is 600 g/mol. The van der Waals surface area contributed by atoms with Crippen LogP contribution in [0.1, 0.15) is 12.0 Å². The molecule has 1 aliphatic rings. The first-order valence-corrected chi connectivity index (χ1v) is 13.7. The Morgan fingerprint density at radius 1 is 1.02 bits per heavy atom. The number of benzene rings is 3. The molecule has 1 saturated heterocycles. The number of nitrogens with one attached hydrogen (secondary N) is 2. The number of hydrogen-bond acceptors (Lipinski definition) is 10. The lowest BCUT2D eigenvalue weighted by atomic mass is 10.2. The summed E-state index contributed by atoms with van der Waals surface area (Å²) in [5.74, 6) is -1.14. The lowest BCUT2D eigenvalue weighted by Gasteiger charge is -2.10. The number of rotatable bonds is 10. The number of aromatic nitrogens is 3. The first-order chi connectivity index (χ1) is 20.8. The molecule has 0 radical (unpaired) electrons. The van der Waals surface area contributed by atoms with Crippen LogP contribution in [0.5, 0.6) is 11.5 Å². The van der Waals surface area contributed by atoms with E-state index in [9.17, 15) is 24.0 Å². The fourth-order valence-electron chi connectivity index (χ4n) is 4.14. The third kappa shape index (κ3) is 6.87. The highest BCUT2D eigenvalue weighted by Crippen LogP contribution is 2.29. The number of carbonyl (C=O) groups is 4. The number of carbonyl (C=O) groups excluding carboxylic acids is 4. The molecule has 2 N–H and O–H groups in total. The number of thioether (sulfide) groups is 1. The maximum absolute atomic E-state index is 13.3. The van der Waals surface area contributed by atoms with E-state index in [1.165, 1.54) is 30.0 Å². The quantitative estimate of drug-likeness (QED) is 0.121. The van der Waals surface area contributed by atoms with E-state index in [1.54, 1.807) is 30.3 Å². The Labute approximate surface area is 248 Å². The third-order valence-corrected chi connectivity index (χ3v) is 7.09. The Kier molecular flexibility index (Phi) is 8.77. The Hall–Kier alpha value is -5.50. The van der Waals surface area contributed by atoms with Gasteiger partial charge in [-0.2, -0.15) is 5.10 Å². The van der Waals surface area contributed by atoms with Crippen LogP contribution in [0, 0.1) is 0 Å². The molecule has 0 saturated carbocycles. The van der Waals surface area contributed by atoms with E-state index >= 15 is 0 Å². The maximum Gasteiger partial charge on any atom is 0.351 e. The number of para-hydroxylation sites is 1. The van der Waals surface area contributed by atoms with Crippen LogP contribution in [0.4, 0.5) is 4.79 Å². The molecule has 1 aromatic heterocycles. The molecule has 3 amide bonds. The van der Waals surface area contributed by atoms with Gasteiger partial charge in [-0.1, -0.05) is 60.3 Å². The van der Waals surface area contributed by atoms with E-state index in [0.717, 1.165) is 16.4 Å². The molecule has 14 heteroatoms. The first-order valence-electron chi connectivity index (χ1n) is 12.8. The van der Waals surface area contributed by atoms with Crippen LogP contribution in [0.2, 0.25) is 0 Å². The Morgan fingerprint density at radius 2 is 1.74 bits per heavy atom. The van der Waals surface area contributed by atoms with Crippen LogP contribution in [0.15, 0.2) is 88.8 Å². The SMILES string of the molecule is COc1cc(/C=N\NC(=O)Cn2nc(-c3ccccc3)n(-c3ccccc3)c2=O)ccc1OC(=O)CC1SC(=O)NC1=O. The molecule has 0 bridgehead atoms. The smallest absolute Gasteiger partial charge is 0.351 e. The molecule has 218 valence electrons. The van der Waals surface area contributed by atoms with E-state index in [4.69, 9.17) is 9.47 Å². The van der Waals surface area contributed by atoms with Crippen LogP contribution in [-0.2, 0) is 20.9 Å². The molecule has 4 aromatic rings. The number of amides is 3. The number of imide groups is 1. The molecule has 1 unspecified atom stereocenters. The highest BCUT2D eigenvalue weighted by atomic mass is 32.2. The second-order valence-corrected chi connectivity index (χ2v) is 10.2. The van der Waals surface area contributed by atoms with Gasteiger partial charge in [-0.05, 0) is 35.9 Å². The predicted octanol–water partition coefficient (Wildman–Crippen LogP) is 2.51. The number of nitrogens with zero attached hydrogens (tertiary/aromatic N) is 4. The molecule has 1 fully saturated rings. The Morgan fingerprint density at radius 3 is 2.42 bits per heavy atom. The van der Waals surface area contributed by atoms with E-state index in [2.05, 4.69) is 20.9 Å². The maximum atomic E-state index is 13.3. The highest BCUT2D eigenvalue weighted by molar-refractivity contribution is 8.15. The summed E-state index contributed by atoms with van der Waals surface area (Å²) >= 11 is 0.730. The van der Waals surface area contributed by atoms with Crippen molar-refractivity contribution in [2.45, 2.75) is 18.2 Å². The van der Waals surface area contributed by atoms with Crippen LogP contribution in [0.25, 0.3) is 17.1 Å². The molecule has 0 spiro atoms. The van der Waals surface area contributed by atoms with Crippen molar-refractivity contribution in [2.24, 2.45) is 5.10 Å². The van der Waals surface area contributed by atoms with Gasteiger partial charge in [0.25, 0.3) is 11.1 Å². The van der Waals surface area contributed by atoms with Crippen LogP contribution in [0.3, 0.4) is 0 Å². The zero-order valence-corrected chi connectivity index (χ0v) is 23.4. The van der Waals surface area contributed by atoms with Gasteiger partial charge in [0.2, 0.25) is 5.91 Å². The summed E-state index contributed by atoms with van der Waals surface area (Å²) in [6, 6.07) is 22.7. The second kappa shape index (κ2) is 13.0. The van der Waals surface area contributed by atoms with Crippen LogP contribution >= 0.6 is 11.8 Å². The van der Waals surface area contributed by atoms with Gasteiger partial charge in [0.05, 0.1) is 25.4 Å². The molecular formula is C29H24N6O7S. The van der Waals surface area contributed by atoms with Gasteiger partial charge in [-0.25, -0.2) is 19.5 Å². The van der Waals surface area contributed by atoms with E-state index in [-0.39, 0.29) is 24.5 Å². The molecular weight excluding hydrogens is 576 g/mol. The summed E-state index contributed by atoms with van der Waals surface area (Å²) in [7, 11) is 1.38. The van der Waals surface area contributed by atoms with Gasteiger partial charge >= 0.3 is 11.7 Å². The van der Waals surface area contributed by atoms with Crippen molar-refractivity contribution in [1.82, 2.24) is 25.1 Å². The fraction of sp³-hybridized carbons (Fsp3) is 0.138. The lowest BCUT2D eigenvalue weighted by Crippen LogP contribution is -2.31. The number of methoxy groups -OCH3 is 1. The summed E-state index contributed by atoms with van der Waals surface area (Å²) in [5.41, 5.74) is 3.71. The van der Waals surface area contributed by atoms with Gasteiger partial charge in [-0.15, -0.1) is 5.10 Å². The summed E-state index contributed by atoms with van der Waals surface area (Å²) < 4.78 is 13.1. The van der Waals surface area contributed by atoms with Crippen molar-refractivity contribution in [3.63, 3.8) is 0 Å². The lowest BCUT2D eigenvalue weighted by molar-refractivity contribution is -0.136. The number of hydrogen-bond donors (Lipinski definition) is 2. The Balaban J connectivity index is 1.24. The third-order valence-electron chi connectivity index (χ3n) is 6.11. The van der Waals surface area contributed by atoms with E-state index in [0.29, 0.717) is 22.6 Å². The van der Waals surface area contributed by atoms with Gasteiger partial charge in [-0.3, -0.25) is 24.5 Å². The minimum Gasteiger partial charge on any atom is -0.493 e. The van der Waals surface area contributed by atoms with Crippen molar-refractivity contribution < 1.29 is 28.7 Å². The first kappa shape index (κ1) is 29.0. The Bertz CT molecular complexity index is 1770. The molecule has 0 aliphatic carbocycles. The summed E-state index contributed by atoms with van der Waals surface area (Å²) in [5, 5.41) is 9.11. The summed E-state index contributed by atoms with van der Waals surface area (Å²) in [6.45, 7) is -0.378. The van der Waals surface area contributed by atoms with Gasteiger partial charge < -0.3 is 9.47 Å². The molecule has 13 nitrogen and oxygen atoms in total. The van der Waals surface area contributed by atoms with Crippen molar-refractivity contribution in [2.75, 3.05) is 7.11 Å². The van der Waals surface area contributed by atoms with Crippen LogP contribution < -0.4 is 25.9 Å². The second-order valence-electron chi connectivity index (χ2n) is 9.07. The van der Waals surface area contributed by atoms with Gasteiger partial charge in [0, 0.05) is 5.56 Å². The zero-order chi connectivity index (χ0) is 30.3. The highest BCUT2D eigenvalue weighted by Gasteiger charge is 2.34. The van der Waals surface area contributed by atoms with E-state index in [1.807, 2.05) is 36.4 Å². The number of ether oxygens (including phenoxy) is 2. The van der Waals surface area contributed by atoms with Crippen molar-refractivity contribution in [3.05, 3.63) is 94.9 Å². The van der Waals surface area contributed by atoms with Crippen molar-refractivity contribution >= 4 is 41.0 Å². The number of hydrazone groups is 1. The van der Waals surface area contributed by atoms with Gasteiger partial charge in [0.15, 0.2) is 17.3 Å². The molecule has 1 aliphatic heterocycles. The molecule has 5 rings (SSSR count). The molecule has 43 heavy (non-hydrogen) atoms. The summed E-state index contributed by atoms with van der Waals surface area (Å²) in [6.07, 6.45) is 1.05. The normalized spacial score (nSPS) is 14.5. The van der Waals surface area contributed by atoms with Gasteiger partial charge in [0.1, 0.15) is 11.8 Å². The predicted molar refractivity (Wildman–Crippen MR) is 157 cm³/mol. The minimum absolute atomic E-state index is 0.103. The topological polar surface area (TPSA) is 163 Å². The fourth-order valence-corrected chi connectivity index (χ4v) is 4.94. The van der Waals surface area contributed by atoms with Crippen molar-refractivity contribution in [3.8, 4) is 28.6 Å². The molecule has 3 aromatic carbocycles. The number of esters is 1. The molecule has 2 heterocycles. The standard InChI is InChI=1S/C29H24N6O7S/c1-41-22-14-18(12-13-21(22)42-25(37)15-23-27(38)31-28(39)43-23)16-30-32-24(36)17-34-29(40)35(20-10-6-3-7-11-20)26(33-34)19-8-4-2-5-9-19/h2-14,16,23H,15,17H2,1H3,(H,32,36)(H,31,38,39)/b30-16-. The zero-order valence-electron chi connectivity index (χ0n) is 22.6. The van der Waals surface area contributed by atoms with Crippen LogP contribution in [-0.4, -0.2) is 55.9 Å². The minimum atomic E-state index is -0.853.